The molecule has 110 valence electrons. The van der Waals surface area contributed by atoms with Gasteiger partial charge in [0.2, 0.25) is 0 Å². The fourth-order valence-electron chi connectivity index (χ4n) is 1.98. The molecule has 0 amide bonds. The molecule has 0 aliphatic heterocycles. The molecular formula is C18H20O3. The third-order valence-corrected chi connectivity index (χ3v) is 3.07. The lowest BCUT2D eigenvalue weighted by Gasteiger charge is -2.10. The van der Waals surface area contributed by atoms with Gasteiger partial charge in [-0.15, -0.1) is 0 Å². The van der Waals surface area contributed by atoms with Crippen LogP contribution in [-0.4, -0.2) is 19.0 Å². The summed E-state index contributed by atoms with van der Waals surface area (Å²) in [6.45, 7) is 2.81. The molecule has 0 saturated carbocycles. The van der Waals surface area contributed by atoms with E-state index in [9.17, 15) is 4.79 Å². The van der Waals surface area contributed by atoms with Crippen molar-refractivity contribution in [2.75, 3.05) is 13.2 Å². The third kappa shape index (κ3) is 4.95. The number of carbonyl (C=O) groups is 1. The molecule has 0 radical (unpaired) electrons. The smallest absolute Gasteiger partial charge is 0.163 e. The summed E-state index contributed by atoms with van der Waals surface area (Å²) >= 11 is 0. The van der Waals surface area contributed by atoms with Crippen LogP contribution in [0.1, 0.15) is 30.1 Å². The molecule has 3 nitrogen and oxygen atoms in total. The maximum absolute atomic E-state index is 11.5. The van der Waals surface area contributed by atoms with E-state index in [1.54, 1.807) is 13.0 Å². The highest BCUT2D eigenvalue weighted by atomic mass is 16.5. The summed E-state index contributed by atoms with van der Waals surface area (Å²) in [6, 6.07) is 17.1. The summed E-state index contributed by atoms with van der Waals surface area (Å²) in [4.78, 5) is 11.5. The number of para-hydroxylation sites is 2. The van der Waals surface area contributed by atoms with Crippen LogP contribution in [0.3, 0.4) is 0 Å². The number of Topliss-reactive ketones (excluding diaryl/α,β-unsaturated/α-hetero) is 1. The molecule has 0 atom stereocenters. The standard InChI is InChI=1S/C18H20O3/c1-15(19)17-11-5-6-12-18(17)21-14-8-7-13-20-16-9-3-2-4-10-16/h2-6,9-12H,7-8,13-14H2,1H3. The monoisotopic (exact) mass is 284 g/mol. The average Bonchev–Trinajstić information content (AvgIpc) is 2.52. The van der Waals surface area contributed by atoms with Crippen molar-refractivity contribution in [1.29, 1.82) is 0 Å². The summed E-state index contributed by atoms with van der Waals surface area (Å²) in [6.07, 6.45) is 1.80. The minimum atomic E-state index is 0.0259. The second kappa shape index (κ2) is 8.10. The average molecular weight is 284 g/mol. The molecule has 0 bridgehead atoms. The Morgan fingerprint density at radius 1 is 0.857 bits per heavy atom. The van der Waals surface area contributed by atoms with Gasteiger partial charge in [-0.2, -0.15) is 0 Å². The first-order valence-electron chi connectivity index (χ1n) is 7.18. The number of benzene rings is 2. The van der Waals surface area contributed by atoms with Crippen LogP contribution >= 0.6 is 0 Å². The Labute approximate surface area is 125 Å². The van der Waals surface area contributed by atoms with Crippen molar-refractivity contribution >= 4 is 5.78 Å². The zero-order valence-corrected chi connectivity index (χ0v) is 12.2. The molecule has 0 saturated heterocycles. The van der Waals surface area contributed by atoms with E-state index in [1.807, 2.05) is 48.5 Å². The first-order chi connectivity index (χ1) is 10.3. The van der Waals surface area contributed by atoms with Crippen molar-refractivity contribution < 1.29 is 14.3 Å². The highest BCUT2D eigenvalue weighted by Crippen LogP contribution is 2.18. The molecule has 0 heterocycles. The molecule has 0 aliphatic carbocycles. The fraction of sp³-hybridized carbons (Fsp3) is 0.278. The Balaban J connectivity index is 1.67. The van der Waals surface area contributed by atoms with Crippen LogP contribution in [-0.2, 0) is 0 Å². The lowest BCUT2D eigenvalue weighted by Crippen LogP contribution is -2.05. The number of rotatable bonds is 8. The molecule has 0 aromatic heterocycles. The van der Waals surface area contributed by atoms with Crippen LogP contribution < -0.4 is 9.47 Å². The van der Waals surface area contributed by atoms with E-state index in [0.717, 1.165) is 18.6 Å². The van der Waals surface area contributed by atoms with Crippen molar-refractivity contribution in [3.05, 3.63) is 60.2 Å². The molecule has 0 unspecified atom stereocenters. The third-order valence-electron chi connectivity index (χ3n) is 3.07. The number of ether oxygens (including phenoxy) is 2. The van der Waals surface area contributed by atoms with E-state index < -0.39 is 0 Å². The Morgan fingerprint density at radius 3 is 2.19 bits per heavy atom. The van der Waals surface area contributed by atoms with Crippen molar-refractivity contribution in [2.45, 2.75) is 19.8 Å². The van der Waals surface area contributed by atoms with Crippen molar-refractivity contribution in [2.24, 2.45) is 0 Å². The molecular weight excluding hydrogens is 264 g/mol. The van der Waals surface area contributed by atoms with Gasteiger partial charge in [0, 0.05) is 0 Å². The van der Waals surface area contributed by atoms with Crippen molar-refractivity contribution in [1.82, 2.24) is 0 Å². The SMILES string of the molecule is CC(=O)c1ccccc1OCCCCOc1ccccc1. The maximum atomic E-state index is 11.5. The Bertz CT molecular complexity index is 564. The highest BCUT2D eigenvalue weighted by Gasteiger charge is 2.06. The van der Waals surface area contributed by atoms with Gasteiger partial charge < -0.3 is 9.47 Å². The number of unbranched alkanes of at least 4 members (excludes halogenated alkanes) is 1. The summed E-state index contributed by atoms with van der Waals surface area (Å²) in [5.74, 6) is 1.58. The highest BCUT2D eigenvalue weighted by molar-refractivity contribution is 5.96. The molecule has 0 spiro atoms. The summed E-state index contributed by atoms with van der Waals surface area (Å²) in [7, 11) is 0. The number of carbonyl (C=O) groups excluding carboxylic acids is 1. The zero-order chi connectivity index (χ0) is 14.9. The van der Waals surface area contributed by atoms with Crippen LogP contribution in [0.4, 0.5) is 0 Å². The van der Waals surface area contributed by atoms with E-state index in [2.05, 4.69) is 0 Å². The first kappa shape index (κ1) is 15.1. The predicted molar refractivity (Wildman–Crippen MR) is 83.1 cm³/mol. The largest absolute Gasteiger partial charge is 0.494 e. The van der Waals surface area contributed by atoms with Gasteiger partial charge >= 0.3 is 0 Å². The maximum Gasteiger partial charge on any atom is 0.163 e. The Hall–Kier alpha value is -2.29. The number of hydrogen-bond donors (Lipinski definition) is 0. The van der Waals surface area contributed by atoms with Gasteiger partial charge in [0.15, 0.2) is 5.78 Å². The Morgan fingerprint density at radius 2 is 1.48 bits per heavy atom. The zero-order valence-electron chi connectivity index (χ0n) is 12.2. The summed E-state index contributed by atoms with van der Waals surface area (Å²) in [5, 5.41) is 0. The van der Waals surface area contributed by atoms with Gasteiger partial charge in [0.25, 0.3) is 0 Å². The second-order valence-corrected chi connectivity index (χ2v) is 4.77. The minimum Gasteiger partial charge on any atom is -0.494 e. The van der Waals surface area contributed by atoms with Gasteiger partial charge in [-0.1, -0.05) is 30.3 Å². The van der Waals surface area contributed by atoms with E-state index in [-0.39, 0.29) is 5.78 Å². The fourth-order valence-corrected chi connectivity index (χ4v) is 1.98. The van der Waals surface area contributed by atoms with Gasteiger partial charge in [-0.05, 0) is 44.0 Å². The quantitative estimate of drug-likeness (QED) is 0.540. The first-order valence-corrected chi connectivity index (χ1v) is 7.18. The summed E-state index contributed by atoms with van der Waals surface area (Å²) < 4.78 is 11.3. The molecule has 2 aromatic rings. The van der Waals surface area contributed by atoms with Gasteiger partial charge in [0.05, 0.1) is 18.8 Å². The van der Waals surface area contributed by atoms with E-state index in [4.69, 9.17) is 9.47 Å². The number of hydrogen-bond acceptors (Lipinski definition) is 3. The van der Waals surface area contributed by atoms with E-state index in [1.165, 1.54) is 0 Å². The lowest BCUT2D eigenvalue weighted by atomic mass is 10.1. The second-order valence-electron chi connectivity index (χ2n) is 4.77. The van der Waals surface area contributed by atoms with Crippen LogP contribution in [0, 0.1) is 0 Å². The molecule has 2 aromatic carbocycles. The van der Waals surface area contributed by atoms with Crippen LogP contribution in [0.15, 0.2) is 54.6 Å². The molecule has 0 aliphatic rings. The van der Waals surface area contributed by atoms with Gasteiger partial charge in [-0.25, -0.2) is 0 Å². The normalized spacial score (nSPS) is 10.1. The summed E-state index contributed by atoms with van der Waals surface area (Å²) in [5.41, 5.74) is 0.637. The molecule has 21 heavy (non-hydrogen) atoms. The van der Waals surface area contributed by atoms with Crippen molar-refractivity contribution in [3.8, 4) is 11.5 Å². The molecule has 2 rings (SSSR count). The minimum absolute atomic E-state index is 0.0259. The van der Waals surface area contributed by atoms with E-state index >= 15 is 0 Å². The Kier molecular flexibility index (Phi) is 5.83. The molecule has 0 N–H and O–H groups in total. The number of ketones is 1. The van der Waals surface area contributed by atoms with Gasteiger partial charge in [0.1, 0.15) is 11.5 Å². The van der Waals surface area contributed by atoms with Crippen molar-refractivity contribution in [3.63, 3.8) is 0 Å². The van der Waals surface area contributed by atoms with Crippen LogP contribution in [0.25, 0.3) is 0 Å². The van der Waals surface area contributed by atoms with Crippen LogP contribution in [0.5, 0.6) is 11.5 Å². The predicted octanol–water partition coefficient (Wildman–Crippen LogP) is 4.13. The van der Waals surface area contributed by atoms with Crippen LogP contribution in [0.2, 0.25) is 0 Å². The van der Waals surface area contributed by atoms with E-state index in [0.29, 0.717) is 24.5 Å². The molecule has 3 heteroatoms. The lowest BCUT2D eigenvalue weighted by molar-refractivity contribution is 0.101. The van der Waals surface area contributed by atoms with Gasteiger partial charge in [-0.3, -0.25) is 4.79 Å². The topological polar surface area (TPSA) is 35.5 Å². The molecule has 0 fully saturated rings.